The summed E-state index contributed by atoms with van der Waals surface area (Å²) in [5, 5.41) is 5.84. The molecule has 2 amide bonds. The summed E-state index contributed by atoms with van der Waals surface area (Å²) in [5.74, 6) is 0.547. The third-order valence-electron chi connectivity index (χ3n) is 4.55. The molecule has 2 aromatic rings. The van der Waals surface area contributed by atoms with Crippen molar-refractivity contribution in [1.29, 1.82) is 0 Å². The van der Waals surface area contributed by atoms with Crippen LogP contribution in [0.3, 0.4) is 0 Å². The Kier molecular flexibility index (Phi) is 5.73. The van der Waals surface area contributed by atoms with Crippen LogP contribution >= 0.6 is 0 Å². The van der Waals surface area contributed by atoms with E-state index in [4.69, 9.17) is 9.47 Å². The van der Waals surface area contributed by atoms with Gasteiger partial charge in [0.1, 0.15) is 11.5 Å². The van der Waals surface area contributed by atoms with Gasteiger partial charge in [-0.3, -0.25) is 9.59 Å². The first-order chi connectivity index (χ1) is 13.4. The highest BCUT2D eigenvalue weighted by atomic mass is 16.5. The molecular weight excluding hydrogens is 358 g/mol. The van der Waals surface area contributed by atoms with Gasteiger partial charge in [0, 0.05) is 37.6 Å². The molecule has 0 heterocycles. The Bertz CT molecular complexity index is 891. The molecule has 2 N–H and O–H groups in total. The first kappa shape index (κ1) is 19.5. The van der Waals surface area contributed by atoms with Crippen LogP contribution in [0.2, 0.25) is 0 Å². The Labute approximate surface area is 164 Å². The van der Waals surface area contributed by atoms with Crippen LogP contribution in [0.1, 0.15) is 33.6 Å². The highest BCUT2D eigenvalue weighted by Crippen LogP contribution is 2.28. The van der Waals surface area contributed by atoms with E-state index in [1.807, 2.05) is 25.1 Å². The molecule has 148 valence electrons. The lowest BCUT2D eigenvalue weighted by Crippen LogP contribution is -2.27. The molecule has 1 fully saturated rings. The fourth-order valence-corrected chi connectivity index (χ4v) is 2.86. The second kappa shape index (κ2) is 8.21. The van der Waals surface area contributed by atoms with Gasteiger partial charge in [0.25, 0.3) is 11.8 Å². The molecule has 7 heteroatoms. The monoisotopic (exact) mass is 383 g/mol. The molecule has 0 atom stereocenters. The maximum atomic E-state index is 12.7. The summed E-state index contributed by atoms with van der Waals surface area (Å²) in [6.45, 7) is 0. The number of amides is 2. The molecular formula is C21H25N3O4. The zero-order valence-electron chi connectivity index (χ0n) is 16.5. The van der Waals surface area contributed by atoms with Crippen LogP contribution < -0.4 is 25.0 Å². The summed E-state index contributed by atoms with van der Waals surface area (Å²) in [7, 11) is 6.81. The molecule has 0 aromatic heterocycles. The maximum absolute atomic E-state index is 12.7. The van der Waals surface area contributed by atoms with Gasteiger partial charge in [-0.25, -0.2) is 0 Å². The quantitative estimate of drug-likeness (QED) is 0.769. The zero-order valence-corrected chi connectivity index (χ0v) is 16.5. The van der Waals surface area contributed by atoms with Crippen molar-refractivity contribution in [3.05, 3.63) is 47.5 Å². The molecule has 1 aliphatic carbocycles. The van der Waals surface area contributed by atoms with Gasteiger partial charge in [-0.15, -0.1) is 0 Å². The number of carbonyl (C=O) groups is 2. The number of rotatable bonds is 7. The van der Waals surface area contributed by atoms with Crippen LogP contribution in [0.25, 0.3) is 0 Å². The third-order valence-corrected chi connectivity index (χ3v) is 4.55. The topological polar surface area (TPSA) is 79.9 Å². The van der Waals surface area contributed by atoms with E-state index in [1.165, 1.54) is 7.11 Å². The number of methoxy groups -OCH3 is 2. The number of carbonyl (C=O) groups excluding carboxylic acids is 2. The van der Waals surface area contributed by atoms with Crippen LogP contribution in [0.4, 0.5) is 11.4 Å². The third kappa shape index (κ3) is 4.36. The largest absolute Gasteiger partial charge is 0.497 e. The van der Waals surface area contributed by atoms with Crippen LogP contribution in [0.15, 0.2) is 36.4 Å². The molecule has 0 aliphatic heterocycles. The number of hydrogen-bond acceptors (Lipinski definition) is 5. The van der Waals surface area contributed by atoms with Gasteiger partial charge in [-0.1, -0.05) is 0 Å². The van der Waals surface area contributed by atoms with Gasteiger partial charge in [0.05, 0.1) is 25.3 Å². The van der Waals surface area contributed by atoms with Crippen LogP contribution in [-0.4, -0.2) is 46.2 Å². The summed E-state index contributed by atoms with van der Waals surface area (Å²) in [5.41, 5.74) is 2.23. The van der Waals surface area contributed by atoms with Gasteiger partial charge in [0.2, 0.25) is 0 Å². The molecule has 0 radical (unpaired) electrons. The average Bonchev–Trinajstić information content (AvgIpc) is 3.51. The van der Waals surface area contributed by atoms with E-state index in [9.17, 15) is 9.59 Å². The highest BCUT2D eigenvalue weighted by molar-refractivity contribution is 6.08. The molecule has 1 saturated carbocycles. The van der Waals surface area contributed by atoms with Crippen LogP contribution in [0.5, 0.6) is 11.5 Å². The molecule has 1 aliphatic rings. The molecule has 7 nitrogen and oxygen atoms in total. The molecule has 2 aromatic carbocycles. The number of hydrogen-bond donors (Lipinski definition) is 2. The molecule has 28 heavy (non-hydrogen) atoms. The summed E-state index contributed by atoms with van der Waals surface area (Å²) < 4.78 is 10.5. The summed E-state index contributed by atoms with van der Waals surface area (Å²) in [6.07, 6.45) is 2.02. The van der Waals surface area contributed by atoms with E-state index >= 15 is 0 Å². The minimum absolute atomic E-state index is 0.135. The number of nitrogens with one attached hydrogen (secondary N) is 2. The lowest BCUT2D eigenvalue weighted by atomic mass is 10.1. The van der Waals surface area contributed by atoms with Crippen molar-refractivity contribution in [3.63, 3.8) is 0 Å². The summed E-state index contributed by atoms with van der Waals surface area (Å²) in [6, 6.07) is 10.5. The minimum Gasteiger partial charge on any atom is -0.497 e. The second-order valence-electron chi connectivity index (χ2n) is 6.89. The number of nitrogens with zero attached hydrogens (tertiary/aromatic N) is 1. The fraction of sp³-hybridized carbons (Fsp3) is 0.333. The van der Waals surface area contributed by atoms with E-state index in [0.29, 0.717) is 28.3 Å². The predicted octanol–water partition coefficient (Wildman–Crippen LogP) is 2.91. The van der Waals surface area contributed by atoms with Crippen molar-refractivity contribution in [2.24, 2.45) is 0 Å². The molecule has 0 unspecified atom stereocenters. The van der Waals surface area contributed by atoms with Crippen LogP contribution in [-0.2, 0) is 0 Å². The van der Waals surface area contributed by atoms with E-state index < -0.39 is 0 Å². The second-order valence-corrected chi connectivity index (χ2v) is 6.89. The fourth-order valence-electron chi connectivity index (χ4n) is 2.86. The van der Waals surface area contributed by atoms with Crippen LogP contribution in [0, 0.1) is 0 Å². The summed E-state index contributed by atoms with van der Waals surface area (Å²) >= 11 is 0. The van der Waals surface area contributed by atoms with E-state index in [-0.39, 0.29) is 17.9 Å². The highest BCUT2D eigenvalue weighted by Gasteiger charge is 2.25. The van der Waals surface area contributed by atoms with Crippen molar-refractivity contribution in [1.82, 2.24) is 5.32 Å². The Hall–Kier alpha value is -3.22. The number of ether oxygens (including phenoxy) is 2. The van der Waals surface area contributed by atoms with E-state index in [1.54, 1.807) is 37.4 Å². The Balaban J connectivity index is 1.85. The van der Waals surface area contributed by atoms with Crippen molar-refractivity contribution in [2.45, 2.75) is 18.9 Å². The van der Waals surface area contributed by atoms with Crippen molar-refractivity contribution in [3.8, 4) is 11.5 Å². The molecule has 0 spiro atoms. The van der Waals surface area contributed by atoms with Crippen molar-refractivity contribution < 1.29 is 19.1 Å². The Morgan fingerprint density at radius 3 is 2.32 bits per heavy atom. The predicted molar refractivity (Wildman–Crippen MR) is 109 cm³/mol. The normalized spacial score (nSPS) is 12.9. The van der Waals surface area contributed by atoms with Crippen molar-refractivity contribution in [2.75, 3.05) is 38.5 Å². The first-order valence-corrected chi connectivity index (χ1v) is 9.08. The van der Waals surface area contributed by atoms with Gasteiger partial charge in [0.15, 0.2) is 0 Å². The standard InChI is InChI=1S/C21H25N3O4/c1-24(2)18-10-7-14(11-17(18)21(26)22-13-5-6-13)23-20(25)16-9-8-15(27-3)12-19(16)28-4/h7-13H,5-6H2,1-4H3,(H,22,26)(H,23,25). The van der Waals surface area contributed by atoms with Gasteiger partial charge in [-0.05, 0) is 43.2 Å². The lowest BCUT2D eigenvalue weighted by molar-refractivity contribution is 0.0950. The van der Waals surface area contributed by atoms with Gasteiger partial charge >= 0.3 is 0 Å². The Morgan fingerprint density at radius 2 is 1.71 bits per heavy atom. The van der Waals surface area contributed by atoms with Gasteiger partial charge in [-0.2, -0.15) is 0 Å². The van der Waals surface area contributed by atoms with Crippen molar-refractivity contribution >= 4 is 23.2 Å². The molecule has 0 saturated heterocycles. The number of anilines is 2. The summed E-state index contributed by atoms with van der Waals surface area (Å²) in [4.78, 5) is 27.2. The average molecular weight is 383 g/mol. The van der Waals surface area contributed by atoms with Gasteiger partial charge < -0.3 is 25.0 Å². The first-order valence-electron chi connectivity index (χ1n) is 9.08. The van der Waals surface area contributed by atoms with E-state index in [0.717, 1.165) is 18.5 Å². The Morgan fingerprint density at radius 1 is 0.964 bits per heavy atom. The minimum atomic E-state index is -0.328. The SMILES string of the molecule is COc1ccc(C(=O)Nc2ccc(N(C)C)c(C(=O)NC3CC3)c2)c(OC)c1. The lowest BCUT2D eigenvalue weighted by Gasteiger charge is -2.18. The molecule has 0 bridgehead atoms. The smallest absolute Gasteiger partial charge is 0.259 e. The molecule has 3 rings (SSSR count). The van der Waals surface area contributed by atoms with E-state index in [2.05, 4.69) is 10.6 Å². The maximum Gasteiger partial charge on any atom is 0.259 e. The number of benzene rings is 2. The zero-order chi connectivity index (χ0) is 20.3.